The van der Waals surface area contributed by atoms with Gasteiger partial charge in [-0.25, -0.2) is 4.98 Å². The number of aromatic amines is 1. The van der Waals surface area contributed by atoms with Gasteiger partial charge in [-0.05, 0) is 18.9 Å². The zero-order chi connectivity index (χ0) is 17.5. The Morgan fingerprint density at radius 2 is 2.04 bits per heavy atom. The van der Waals surface area contributed by atoms with E-state index >= 15 is 0 Å². The molecule has 0 aliphatic heterocycles. The highest BCUT2D eigenvalue weighted by atomic mass is 32.2. The van der Waals surface area contributed by atoms with Crippen LogP contribution >= 0.6 is 11.8 Å². The van der Waals surface area contributed by atoms with E-state index < -0.39 is 0 Å². The van der Waals surface area contributed by atoms with E-state index in [1.54, 1.807) is 11.9 Å². The maximum atomic E-state index is 12.5. The van der Waals surface area contributed by atoms with E-state index in [0.29, 0.717) is 11.7 Å². The number of benzene rings is 1. The van der Waals surface area contributed by atoms with Gasteiger partial charge in [-0.15, -0.1) is 0 Å². The van der Waals surface area contributed by atoms with Crippen LogP contribution in [0.15, 0.2) is 46.3 Å². The molecule has 0 fully saturated rings. The highest BCUT2D eigenvalue weighted by Gasteiger charge is 2.20. The Balaban J connectivity index is 2.02. The number of hydrogen-bond donors (Lipinski definition) is 1. The van der Waals surface area contributed by atoms with Crippen LogP contribution in [0.2, 0.25) is 0 Å². The summed E-state index contributed by atoms with van der Waals surface area (Å²) in [5.41, 5.74) is 1.68. The third-order valence-electron chi connectivity index (χ3n) is 3.55. The summed E-state index contributed by atoms with van der Waals surface area (Å²) in [7, 11) is 1.79. The first-order chi connectivity index (χ1) is 11.5. The molecule has 5 nitrogen and oxygen atoms in total. The topological polar surface area (TPSA) is 66.1 Å². The van der Waals surface area contributed by atoms with Gasteiger partial charge >= 0.3 is 0 Å². The van der Waals surface area contributed by atoms with E-state index in [-0.39, 0.29) is 16.7 Å². The molecule has 0 unspecified atom stereocenters. The third kappa shape index (κ3) is 5.23. The number of rotatable bonds is 7. The van der Waals surface area contributed by atoms with Crippen molar-refractivity contribution in [3.05, 3.63) is 58.0 Å². The van der Waals surface area contributed by atoms with E-state index in [1.807, 2.05) is 44.2 Å². The molecule has 128 valence electrons. The normalized spacial score (nSPS) is 12.0. The maximum Gasteiger partial charge on any atom is 0.251 e. The number of nitrogens with one attached hydrogen (secondary N) is 1. The first-order valence-corrected chi connectivity index (χ1v) is 8.93. The molecular weight excluding hydrogens is 322 g/mol. The lowest BCUT2D eigenvalue weighted by Crippen LogP contribution is -2.33. The molecule has 0 radical (unpaired) electrons. The van der Waals surface area contributed by atoms with Crippen LogP contribution in [0.4, 0.5) is 0 Å². The van der Waals surface area contributed by atoms with Crippen LogP contribution < -0.4 is 5.56 Å². The van der Waals surface area contributed by atoms with Crippen LogP contribution in [0.25, 0.3) is 0 Å². The van der Waals surface area contributed by atoms with Crippen molar-refractivity contribution < 1.29 is 4.79 Å². The Hall–Kier alpha value is -2.08. The lowest BCUT2D eigenvalue weighted by molar-refractivity contribution is -0.129. The van der Waals surface area contributed by atoms with E-state index in [9.17, 15) is 9.59 Å². The summed E-state index contributed by atoms with van der Waals surface area (Å²) in [6.07, 6.45) is 1.68. The number of thioether (sulfide) groups is 1. The minimum Gasteiger partial charge on any atom is -0.340 e. The van der Waals surface area contributed by atoms with Crippen molar-refractivity contribution in [2.75, 3.05) is 7.05 Å². The summed E-state index contributed by atoms with van der Waals surface area (Å²) in [6, 6.07) is 11.4. The van der Waals surface area contributed by atoms with Gasteiger partial charge in [0.1, 0.15) is 0 Å². The lowest BCUT2D eigenvalue weighted by Gasteiger charge is -2.21. The standard InChI is InChI=1S/C18H23N3O2S/c1-4-8-15-11-16(22)20-18(19-15)24-13(2)17(23)21(3)12-14-9-6-5-7-10-14/h5-7,9-11,13H,4,8,12H2,1-3H3,(H,19,20,22)/t13-/m0/s1. The molecule has 24 heavy (non-hydrogen) atoms. The second-order valence-electron chi connectivity index (χ2n) is 5.73. The number of carbonyl (C=O) groups is 1. The minimum absolute atomic E-state index is 0.00685. The number of hydrogen-bond acceptors (Lipinski definition) is 4. The summed E-state index contributed by atoms with van der Waals surface area (Å²) in [4.78, 5) is 33.1. The third-order valence-corrected chi connectivity index (χ3v) is 4.53. The van der Waals surface area contributed by atoms with E-state index in [1.165, 1.54) is 17.8 Å². The van der Waals surface area contributed by atoms with Gasteiger partial charge in [0.2, 0.25) is 5.91 Å². The second-order valence-corrected chi connectivity index (χ2v) is 7.06. The van der Waals surface area contributed by atoms with Crippen LogP contribution in [-0.4, -0.2) is 33.1 Å². The summed E-state index contributed by atoms with van der Waals surface area (Å²) in [5, 5.41) is 0.179. The Morgan fingerprint density at radius 3 is 2.71 bits per heavy atom. The van der Waals surface area contributed by atoms with Crippen LogP contribution in [0.1, 0.15) is 31.5 Å². The predicted molar refractivity (Wildman–Crippen MR) is 97.1 cm³/mol. The number of H-pyrrole nitrogens is 1. The average molecular weight is 345 g/mol. The number of aryl methyl sites for hydroxylation is 1. The van der Waals surface area contributed by atoms with Crippen LogP contribution in [-0.2, 0) is 17.8 Å². The van der Waals surface area contributed by atoms with E-state index in [0.717, 1.165) is 24.1 Å². The van der Waals surface area contributed by atoms with Gasteiger partial charge in [0.15, 0.2) is 5.16 Å². The first kappa shape index (κ1) is 18.3. The molecule has 0 aliphatic rings. The Labute approximate surface area is 146 Å². The van der Waals surface area contributed by atoms with Gasteiger partial charge in [0.05, 0.1) is 5.25 Å². The predicted octanol–water partition coefficient (Wildman–Crippen LogP) is 2.86. The molecule has 0 bridgehead atoms. The first-order valence-electron chi connectivity index (χ1n) is 8.05. The summed E-state index contributed by atoms with van der Waals surface area (Å²) < 4.78 is 0. The fraction of sp³-hybridized carbons (Fsp3) is 0.389. The van der Waals surface area contributed by atoms with Gasteiger partial charge in [-0.1, -0.05) is 55.4 Å². The largest absolute Gasteiger partial charge is 0.340 e. The smallest absolute Gasteiger partial charge is 0.251 e. The fourth-order valence-corrected chi connectivity index (χ4v) is 3.33. The highest BCUT2D eigenvalue weighted by molar-refractivity contribution is 8.00. The van der Waals surface area contributed by atoms with Crippen LogP contribution in [0.3, 0.4) is 0 Å². The van der Waals surface area contributed by atoms with Crippen molar-refractivity contribution in [2.45, 2.75) is 43.6 Å². The van der Waals surface area contributed by atoms with Gasteiger partial charge in [0.25, 0.3) is 5.56 Å². The van der Waals surface area contributed by atoms with E-state index in [2.05, 4.69) is 9.97 Å². The SMILES string of the molecule is CCCc1cc(=O)[nH]c(S[C@@H](C)C(=O)N(C)Cc2ccccc2)n1. The molecule has 1 heterocycles. The van der Waals surface area contributed by atoms with Crippen molar-refractivity contribution in [3.8, 4) is 0 Å². The van der Waals surface area contributed by atoms with Crippen molar-refractivity contribution >= 4 is 17.7 Å². The molecule has 1 aromatic heterocycles. The molecule has 1 atom stereocenters. The van der Waals surface area contributed by atoms with Crippen LogP contribution in [0.5, 0.6) is 0 Å². The minimum atomic E-state index is -0.321. The van der Waals surface area contributed by atoms with Crippen molar-refractivity contribution in [1.82, 2.24) is 14.9 Å². The molecule has 0 aliphatic carbocycles. The molecular formula is C18H23N3O2S. The zero-order valence-corrected chi connectivity index (χ0v) is 15.1. The quantitative estimate of drug-likeness (QED) is 0.619. The molecule has 2 rings (SSSR count). The fourth-order valence-electron chi connectivity index (χ4n) is 2.39. The van der Waals surface area contributed by atoms with Crippen molar-refractivity contribution in [1.29, 1.82) is 0 Å². The molecule has 0 saturated carbocycles. The van der Waals surface area contributed by atoms with Gasteiger partial charge < -0.3 is 9.88 Å². The molecule has 6 heteroatoms. The summed E-state index contributed by atoms with van der Waals surface area (Å²) in [5.74, 6) is 0.00685. The summed E-state index contributed by atoms with van der Waals surface area (Å²) >= 11 is 1.29. The molecule has 1 N–H and O–H groups in total. The Morgan fingerprint density at radius 1 is 1.33 bits per heavy atom. The zero-order valence-electron chi connectivity index (χ0n) is 14.3. The number of amides is 1. The van der Waals surface area contributed by atoms with Crippen molar-refractivity contribution in [2.24, 2.45) is 0 Å². The van der Waals surface area contributed by atoms with E-state index in [4.69, 9.17) is 0 Å². The molecule has 1 amide bonds. The Bertz CT molecular complexity index is 731. The molecule has 0 spiro atoms. The lowest BCUT2D eigenvalue weighted by atomic mass is 10.2. The van der Waals surface area contributed by atoms with Crippen LogP contribution in [0, 0.1) is 0 Å². The molecule has 1 aromatic carbocycles. The monoisotopic (exact) mass is 345 g/mol. The Kier molecular flexibility index (Phi) is 6.61. The van der Waals surface area contributed by atoms with Gasteiger partial charge in [-0.2, -0.15) is 0 Å². The second kappa shape index (κ2) is 8.68. The number of aromatic nitrogens is 2. The average Bonchev–Trinajstić information content (AvgIpc) is 2.54. The molecule has 0 saturated heterocycles. The summed E-state index contributed by atoms with van der Waals surface area (Å²) in [6.45, 7) is 4.44. The number of carbonyl (C=O) groups excluding carboxylic acids is 1. The van der Waals surface area contributed by atoms with Crippen molar-refractivity contribution in [3.63, 3.8) is 0 Å². The van der Waals surface area contributed by atoms with Gasteiger partial charge in [0, 0.05) is 25.4 Å². The maximum absolute atomic E-state index is 12.5. The molecule has 2 aromatic rings. The number of nitrogens with zero attached hydrogens (tertiary/aromatic N) is 2. The van der Waals surface area contributed by atoms with Gasteiger partial charge in [-0.3, -0.25) is 9.59 Å². The highest BCUT2D eigenvalue weighted by Crippen LogP contribution is 2.20.